The van der Waals surface area contributed by atoms with E-state index in [1.807, 2.05) is 42.8 Å². The number of likely N-dealkylation sites (tertiary alicyclic amines) is 1. The molecule has 1 aromatic carbocycles. The number of hydrogen-bond acceptors (Lipinski definition) is 3. The van der Waals surface area contributed by atoms with Gasteiger partial charge in [-0.2, -0.15) is 0 Å². The van der Waals surface area contributed by atoms with Gasteiger partial charge in [0.1, 0.15) is 12.4 Å². The van der Waals surface area contributed by atoms with Crippen LogP contribution < -0.4 is 4.74 Å². The summed E-state index contributed by atoms with van der Waals surface area (Å²) in [5.74, 6) is 1.39. The summed E-state index contributed by atoms with van der Waals surface area (Å²) in [6.07, 6.45) is 6.76. The Kier molecular flexibility index (Phi) is 7.20. The van der Waals surface area contributed by atoms with Gasteiger partial charge in [0.05, 0.1) is 12.0 Å². The highest BCUT2D eigenvalue weighted by atomic mass is 16.5. The van der Waals surface area contributed by atoms with E-state index >= 15 is 0 Å². The number of ether oxygens (including phenoxy) is 1. The minimum Gasteiger partial charge on any atom is -0.491 e. The van der Waals surface area contributed by atoms with Crippen molar-refractivity contribution in [1.82, 2.24) is 9.80 Å². The first-order valence-electron chi connectivity index (χ1n) is 11.2. The number of nitrogens with zero attached hydrogens (tertiary/aromatic N) is 2. The number of aryl methyl sites for hydroxylation is 1. The normalized spacial score (nSPS) is 21.0. The molecule has 2 heterocycles. The summed E-state index contributed by atoms with van der Waals surface area (Å²) in [5.41, 5.74) is 0.930. The van der Waals surface area contributed by atoms with Crippen molar-refractivity contribution in [2.45, 2.75) is 58.8 Å². The summed E-state index contributed by atoms with van der Waals surface area (Å²) in [4.78, 5) is 29.6. The van der Waals surface area contributed by atoms with E-state index in [1.165, 1.54) is 5.56 Å². The summed E-state index contributed by atoms with van der Waals surface area (Å²) in [6.45, 7) is 6.37. The van der Waals surface area contributed by atoms with Gasteiger partial charge in [-0.05, 0) is 43.7 Å². The van der Waals surface area contributed by atoms with Gasteiger partial charge in [0.2, 0.25) is 11.8 Å². The van der Waals surface area contributed by atoms with Gasteiger partial charge in [0.25, 0.3) is 0 Å². The van der Waals surface area contributed by atoms with E-state index in [2.05, 4.69) is 12.1 Å². The number of piperidine rings is 1. The third-order valence-electron chi connectivity index (χ3n) is 6.58. The Bertz CT molecular complexity index is 708. The molecule has 0 aromatic heterocycles. The molecule has 3 rings (SSSR count). The molecule has 1 saturated heterocycles. The van der Waals surface area contributed by atoms with Gasteiger partial charge in [0, 0.05) is 26.1 Å². The van der Waals surface area contributed by atoms with Crippen LogP contribution in [0.5, 0.6) is 5.75 Å². The Balaban J connectivity index is 1.70. The molecule has 0 radical (unpaired) electrons. The second kappa shape index (κ2) is 9.64. The average molecular weight is 401 g/mol. The Morgan fingerprint density at radius 1 is 1.03 bits per heavy atom. The lowest BCUT2D eigenvalue weighted by Crippen LogP contribution is -2.51. The monoisotopic (exact) mass is 400 g/mol. The number of rotatable bonds is 1. The zero-order chi connectivity index (χ0) is 20.9. The summed E-state index contributed by atoms with van der Waals surface area (Å²) in [5, 5.41) is 0. The number of benzene rings is 1. The van der Waals surface area contributed by atoms with Crippen LogP contribution in [-0.4, -0.2) is 54.9 Å². The molecule has 160 valence electrons. The number of likely N-dealkylation sites (N-methyl/N-ethyl adjacent to an activating group) is 1. The molecule has 1 spiro atoms. The number of fused-ring (bicyclic) bond motifs is 1. The highest BCUT2D eigenvalue weighted by Crippen LogP contribution is 2.39. The van der Waals surface area contributed by atoms with Crippen molar-refractivity contribution in [3.8, 4) is 5.75 Å². The molecule has 0 N–H and O–H groups in total. The summed E-state index contributed by atoms with van der Waals surface area (Å²) in [6, 6.07) is 8.25. The van der Waals surface area contributed by atoms with E-state index in [9.17, 15) is 9.59 Å². The number of hydrogen-bond donors (Lipinski definition) is 0. The first-order valence-corrected chi connectivity index (χ1v) is 11.2. The lowest BCUT2D eigenvalue weighted by molar-refractivity contribution is -0.149. The van der Waals surface area contributed by atoms with E-state index in [0.29, 0.717) is 26.2 Å². The van der Waals surface area contributed by atoms with Gasteiger partial charge in [0.15, 0.2) is 0 Å². The fourth-order valence-electron chi connectivity index (χ4n) is 4.70. The van der Waals surface area contributed by atoms with Gasteiger partial charge in [-0.15, -0.1) is 0 Å². The van der Waals surface area contributed by atoms with Crippen LogP contribution in [0, 0.1) is 11.3 Å². The fourth-order valence-corrected chi connectivity index (χ4v) is 4.70. The third kappa shape index (κ3) is 5.12. The Labute approximate surface area is 175 Å². The van der Waals surface area contributed by atoms with Crippen LogP contribution in [0.4, 0.5) is 0 Å². The number of amides is 2. The lowest BCUT2D eigenvalue weighted by Gasteiger charge is -2.43. The van der Waals surface area contributed by atoms with Crippen LogP contribution in [-0.2, 0) is 16.0 Å². The molecule has 2 aliphatic rings. The van der Waals surface area contributed by atoms with Crippen molar-refractivity contribution < 1.29 is 14.3 Å². The molecule has 0 aliphatic carbocycles. The van der Waals surface area contributed by atoms with Crippen molar-refractivity contribution in [3.63, 3.8) is 0 Å². The van der Waals surface area contributed by atoms with Crippen molar-refractivity contribution in [2.24, 2.45) is 11.3 Å². The molecule has 0 unspecified atom stereocenters. The van der Waals surface area contributed by atoms with E-state index in [4.69, 9.17) is 4.74 Å². The molecule has 29 heavy (non-hydrogen) atoms. The van der Waals surface area contributed by atoms with Crippen LogP contribution in [0.2, 0.25) is 0 Å². The highest BCUT2D eigenvalue weighted by Gasteiger charge is 2.43. The van der Waals surface area contributed by atoms with Gasteiger partial charge in [-0.25, -0.2) is 0 Å². The van der Waals surface area contributed by atoms with Gasteiger partial charge in [-0.3, -0.25) is 9.59 Å². The quantitative estimate of drug-likeness (QED) is 0.718. The Morgan fingerprint density at radius 2 is 1.76 bits per heavy atom. The first kappa shape index (κ1) is 21.7. The van der Waals surface area contributed by atoms with Gasteiger partial charge < -0.3 is 14.5 Å². The summed E-state index contributed by atoms with van der Waals surface area (Å²) in [7, 11) is 1.89. The SMILES string of the molecule is CC(C)C(=O)N1CCC2(CCCCCc3ccccc3OCCN(C)C2=O)CC1. The number of carbonyl (C=O) groups excluding carboxylic acids is 2. The molecule has 2 aliphatic heterocycles. The second-order valence-corrected chi connectivity index (χ2v) is 9.00. The summed E-state index contributed by atoms with van der Waals surface area (Å²) < 4.78 is 6.02. The molecule has 2 amide bonds. The predicted molar refractivity (Wildman–Crippen MR) is 115 cm³/mol. The standard InChI is InChI=1S/C24H36N2O3/c1-19(2)22(27)26-15-13-24(14-16-26)12-8-4-5-9-20-10-6-7-11-21(20)29-18-17-25(3)23(24)28/h6-7,10-11,19H,4-5,8-9,12-18H2,1-3H3. The van der Waals surface area contributed by atoms with Crippen molar-refractivity contribution in [3.05, 3.63) is 29.8 Å². The number of carbonyl (C=O) groups is 2. The minimum atomic E-state index is -0.330. The largest absolute Gasteiger partial charge is 0.491 e. The predicted octanol–water partition coefficient (Wildman–Crippen LogP) is 3.91. The van der Waals surface area contributed by atoms with E-state index in [1.54, 1.807) is 0 Å². The maximum absolute atomic E-state index is 13.4. The number of para-hydroxylation sites is 1. The maximum atomic E-state index is 13.4. The minimum absolute atomic E-state index is 0.0151. The zero-order valence-electron chi connectivity index (χ0n) is 18.3. The second-order valence-electron chi connectivity index (χ2n) is 9.00. The van der Waals surface area contributed by atoms with E-state index in [-0.39, 0.29) is 23.1 Å². The molecular weight excluding hydrogens is 364 g/mol. The topological polar surface area (TPSA) is 49.9 Å². The van der Waals surface area contributed by atoms with Gasteiger partial charge in [-0.1, -0.05) is 44.9 Å². The lowest BCUT2D eigenvalue weighted by atomic mass is 9.73. The van der Waals surface area contributed by atoms with Crippen molar-refractivity contribution in [2.75, 3.05) is 33.3 Å². The molecule has 0 bridgehead atoms. The fraction of sp³-hybridized carbons (Fsp3) is 0.667. The molecule has 0 atom stereocenters. The Morgan fingerprint density at radius 3 is 2.48 bits per heavy atom. The van der Waals surface area contributed by atoms with E-state index in [0.717, 1.165) is 50.7 Å². The van der Waals surface area contributed by atoms with Crippen LogP contribution in [0.1, 0.15) is 57.9 Å². The van der Waals surface area contributed by atoms with Crippen LogP contribution in [0.15, 0.2) is 24.3 Å². The van der Waals surface area contributed by atoms with Gasteiger partial charge >= 0.3 is 0 Å². The van der Waals surface area contributed by atoms with Crippen LogP contribution in [0.25, 0.3) is 0 Å². The maximum Gasteiger partial charge on any atom is 0.228 e. The molecule has 0 saturated carbocycles. The van der Waals surface area contributed by atoms with Crippen molar-refractivity contribution in [1.29, 1.82) is 0 Å². The summed E-state index contributed by atoms with van der Waals surface area (Å²) >= 11 is 0. The molecule has 1 fully saturated rings. The molecule has 1 aromatic rings. The van der Waals surface area contributed by atoms with E-state index < -0.39 is 0 Å². The highest BCUT2D eigenvalue weighted by molar-refractivity contribution is 5.83. The Hall–Kier alpha value is -2.04. The molecule has 5 heteroatoms. The van der Waals surface area contributed by atoms with Crippen molar-refractivity contribution >= 4 is 11.8 Å². The smallest absolute Gasteiger partial charge is 0.228 e. The first-order chi connectivity index (χ1) is 13.9. The third-order valence-corrected chi connectivity index (χ3v) is 6.58. The molecular formula is C24H36N2O3. The molecule has 5 nitrogen and oxygen atoms in total. The van der Waals surface area contributed by atoms with Crippen LogP contribution >= 0.6 is 0 Å². The zero-order valence-corrected chi connectivity index (χ0v) is 18.3. The van der Waals surface area contributed by atoms with Crippen LogP contribution in [0.3, 0.4) is 0 Å². The average Bonchev–Trinajstić information content (AvgIpc) is 2.74.